The van der Waals surface area contributed by atoms with Gasteiger partial charge in [-0.15, -0.1) is 0 Å². The number of hydrogen-bond donors (Lipinski definition) is 1. The van der Waals surface area contributed by atoms with Crippen LogP contribution in [0.3, 0.4) is 0 Å². The molecular weight excluding hydrogens is 410 g/mol. The number of benzene rings is 1. The number of esters is 1. The Hall–Kier alpha value is -2.87. The maximum atomic E-state index is 12.9. The second-order valence-electron chi connectivity index (χ2n) is 9.67. The minimum absolute atomic E-state index is 0.147. The third kappa shape index (κ3) is 3.28. The Morgan fingerprint density at radius 2 is 2.09 bits per heavy atom. The van der Waals surface area contributed by atoms with Gasteiger partial charge in [0.25, 0.3) is 0 Å². The summed E-state index contributed by atoms with van der Waals surface area (Å²) in [5.74, 6) is 0.0216. The van der Waals surface area contributed by atoms with Crippen LogP contribution >= 0.6 is 0 Å². The van der Waals surface area contributed by atoms with E-state index in [9.17, 15) is 9.59 Å². The van der Waals surface area contributed by atoms with E-state index in [1.165, 1.54) is 5.56 Å². The fourth-order valence-corrected chi connectivity index (χ4v) is 5.36. The van der Waals surface area contributed by atoms with Crippen LogP contribution in [0.2, 0.25) is 0 Å². The maximum absolute atomic E-state index is 12.9. The highest BCUT2D eigenvalue weighted by Gasteiger charge is 2.59. The predicted octanol–water partition coefficient (Wildman–Crippen LogP) is 3.95. The lowest BCUT2D eigenvalue weighted by Crippen LogP contribution is -2.32. The Morgan fingerprint density at radius 1 is 1.31 bits per heavy atom. The largest absolute Gasteiger partial charge is 0.461 e. The van der Waals surface area contributed by atoms with Gasteiger partial charge >= 0.3 is 11.7 Å². The van der Waals surface area contributed by atoms with Crippen molar-refractivity contribution in [1.29, 1.82) is 0 Å². The molecule has 3 heterocycles. The molecule has 0 amide bonds. The zero-order chi connectivity index (χ0) is 22.7. The van der Waals surface area contributed by atoms with Crippen molar-refractivity contribution in [2.45, 2.75) is 64.0 Å². The monoisotopic (exact) mass is 439 g/mol. The highest BCUT2D eigenvalue weighted by atomic mass is 16.5. The zero-order valence-electron chi connectivity index (χ0n) is 18.9. The van der Waals surface area contributed by atoms with Gasteiger partial charge in [-0.2, -0.15) is 0 Å². The van der Waals surface area contributed by atoms with Gasteiger partial charge in [-0.1, -0.05) is 18.1 Å². The molecule has 3 aromatic rings. The quantitative estimate of drug-likeness (QED) is 0.605. The molecule has 2 aromatic heterocycles. The van der Waals surface area contributed by atoms with Gasteiger partial charge in [-0.25, -0.2) is 9.59 Å². The van der Waals surface area contributed by atoms with Crippen molar-refractivity contribution in [2.24, 2.45) is 5.92 Å². The normalized spacial score (nSPS) is 26.9. The smallest absolute Gasteiger partial charge is 0.438 e. The summed E-state index contributed by atoms with van der Waals surface area (Å²) in [6.45, 7) is 9.15. The summed E-state index contributed by atoms with van der Waals surface area (Å²) >= 11 is 0. The third-order valence-corrected chi connectivity index (χ3v) is 7.00. The fourth-order valence-electron chi connectivity index (χ4n) is 5.36. The van der Waals surface area contributed by atoms with E-state index in [1.807, 2.05) is 10.6 Å². The number of carbonyl (C=O) groups is 1. The number of nitrogens with zero attached hydrogens (tertiary/aromatic N) is 2. The van der Waals surface area contributed by atoms with Crippen LogP contribution < -0.4 is 5.76 Å². The summed E-state index contributed by atoms with van der Waals surface area (Å²) in [4.78, 5) is 27.4. The number of fused-ring (bicyclic) bond motifs is 1. The fraction of sp³-hybridized carbons (Fsp3) is 0.542. The van der Waals surface area contributed by atoms with Gasteiger partial charge in [0.05, 0.1) is 12.2 Å². The number of hydrogen-bond acceptors (Lipinski definition) is 6. The van der Waals surface area contributed by atoms with Crippen LogP contribution in [0, 0.1) is 5.92 Å². The second kappa shape index (κ2) is 7.33. The van der Waals surface area contributed by atoms with Crippen LogP contribution in [0.25, 0.3) is 10.9 Å². The molecule has 2 fully saturated rings. The Balaban J connectivity index is 1.65. The Labute approximate surface area is 185 Å². The number of H-pyrrole nitrogens is 1. The molecule has 1 aliphatic heterocycles. The summed E-state index contributed by atoms with van der Waals surface area (Å²) in [7, 11) is 0. The Bertz CT molecular complexity index is 1240. The molecule has 8 heteroatoms. The molecule has 1 N–H and O–H groups in total. The van der Waals surface area contributed by atoms with E-state index in [0.29, 0.717) is 17.4 Å². The maximum Gasteiger partial charge on any atom is 0.438 e. The summed E-state index contributed by atoms with van der Waals surface area (Å²) < 4.78 is 18.1. The predicted molar refractivity (Wildman–Crippen MR) is 118 cm³/mol. The van der Waals surface area contributed by atoms with Crippen LogP contribution in [-0.2, 0) is 15.0 Å². The minimum atomic E-state index is -0.641. The van der Waals surface area contributed by atoms with Gasteiger partial charge in [-0.3, -0.25) is 9.51 Å². The average molecular weight is 440 g/mol. The second-order valence-corrected chi connectivity index (χ2v) is 9.67. The first kappa shape index (κ1) is 21.0. The van der Waals surface area contributed by atoms with Crippen molar-refractivity contribution in [3.63, 3.8) is 0 Å². The minimum Gasteiger partial charge on any atom is -0.461 e. The van der Waals surface area contributed by atoms with E-state index < -0.39 is 11.3 Å². The SMILES string of the molecule is CCOC(=O)c1cc2cc([C@H]3CCOC(C)(C)C3)ccc2n1[C@@]1(c2noc(=O)[nH]2)C[C@@H]1C. The van der Waals surface area contributed by atoms with Crippen LogP contribution in [0.4, 0.5) is 0 Å². The number of aromatic amines is 1. The van der Waals surface area contributed by atoms with Gasteiger partial charge in [0, 0.05) is 17.5 Å². The molecule has 1 aliphatic carbocycles. The number of aromatic nitrogens is 3. The number of rotatable bonds is 5. The molecule has 1 saturated heterocycles. The van der Waals surface area contributed by atoms with Gasteiger partial charge in [0.15, 0.2) is 5.82 Å². The lowest BCUT2D eigenvalue weighted by Gasteiger charge is -2.35. The molecule has 0 unspecified atom stereocenters. The molecule has 2 aliphatic rings. The van der Waals surface area contributed by atoms with E-state index in [0.717, 1.165) is 36.8 Å². The number of nitrogens with one attached hydrogen (secondary N) is 1. The first-order valence-electron chi connectivity index (χ1n) is 11.3. The Kier molecular flexibility index (Phi) is 4.81. The van der Waals surface area contributed by atoms with Gasteiger partial charge in [0.2, 0.25) is 0 Å². The van der Waals surface area contributed by atoms with E-state index in [2.05, 4.69) is 49.1 Å². The van der Waals surface area contributed by atoms with Gasteiger partial charge in [0.1, 0.15) is 11.2 Å². The molecule has 8 nitrogen and oxygen atoms in total. The van der Waals surface area contributed by atoms with Crippen molar-refractivity contribution < 1.29 is 18.8 Å². The highest BCUT2D eigenvalue weighted by molar-refractivity contribution is 5.96. The Morgan fingerprint density at radius 3 is 2.72 bits per heavy atom. The molecule has 0 radical (unpaired) electrons. The molecule has 1 aromatic carbocycles. The van der Waals surface area contributed by atoms with Crippen molar-refractivity contribution >= 4 is 16.9 Å². The lowest BCUT2D eigenvalue weighted by molar-refractivity contribution is -0.0592. The first-order chi connectivity index (χ1) is 15.2. The lowest BCUT2D eigenvalue weighted by atomic mass is 9.83. The molecule has 0 bridgehead atoms. The standard InChI is InChI=1S/C24H29N3O5/c1-5-30-20(28)19-11-17-10-15(16-8-9-31-23(3,4)13-16)6-7-18(17)27(19)24(12-14(24)2)21-25-22(29)32-26-21/h6-7,10-11,14,16H,5,8-9,12-13H2,1-4H3,(H,25,26,29)/t14-,16-,24-/m0/s1. The molecule has 3 atom stereocenters. The van der Waals surface area contributed by atoms with Crippen molar-refractivity contribution in [2.75, 3.05) is 13.2 Å². The van der Waals surface area contributed by atoms with E-state index >= 15 is 0 Å². The topological polar surface area (TPSA) is 99.3 Å². The first-order valence-corrected chi connectivity index (χ1v) is 11.3. The van der Waals surface area contributed by atoms with Crippen LogP contribution in [0.5, 0.6) is 0 Å². The molecule has 170 valence electrons. The van der Waals surface area contributed by atoms with Crippen molar-refractivity contribution in [3.05, 3.63) is 51.9 Å². The number of carbonyl (C=O) groups excluding carboxylic acids is 1. The zero-order valence-corrected chi connectivity index (χ0v) is 18.9. The summed E-state index contributed by atoms with van der Waals surface area (Å²) in [6, 6.07) is 8.28. The summed E-state index contributed by atoms with van der Waals surface area (Å²) in [6.07, 6.45) is 2.66. The highest BCUT2D eigenvalue weighted by Crippen LogP contribution is 2.55. The molecule has 5 rings (SSSR count). The van der Waals surface area contributed by atoms with E-state index in [4.69, 9.17) is 14.0 Å². The van der Waals surface area contributed by atoms with Crippen LogP contribution in [-0.4, -0.2) is 39.5 Å². The van der Waals surface area contributed by atoms with E-state index in [-0.39, 0.29) is 24.1 Å². The molecule has 32 heavy (non-hydrogen) atoms. The third-order valence-electron chi connectivity index (χ3n) is 7.00. The average Bonchev–Trinajstić information content (AvgIpc) is 3.08. The van der Waals surface area contributed by atoms with Crippen molar-refractivity contribution in [3.8, 4) is 0 Å². The number of ether oxygens (including phenoxy) is 2. The summed E-state index contributed by atoms with van der Waals surface area (Å²) in [5.41, 5.74) is 1.83. The van der Waals surface area contributed by atoms with Crippen LogP contribution in [0.1, 0.15) is 74.8 Å². The molecular formula is C24H29N3O5. The molecule has 0 spiro atoms. The van der Waals surface area contributed by atoms with Crippen molar-refractivity contribution in [1.82, 2.24) is 14.7 Å². The van der Waals surface area contributed by atoms with E-state index in [1.54, 1.807) is 6.92 Å². The summed E-state index contributed by atoms with van der Waals surface area (Å²) in [5, 5.41) is 4.96. The molecule has 1 saturated carbocycles. The van der Waals surface area contributed by atoms with Gasteiger partial charge < -0.3 is 14.0 Å². The van der Waals surface area contributed by atoms with Gasteiger partial charge in [-0.05, 0) is 75.6 Å². The van der Waals surface area contributed by atoms with Crippen LogP contribution in [0.15, 0.2) is 33.6 Å².